The molecule has 0 N–H and O–H groups in total. The van der Waals surface area contributed by atoms with E-state index in [1.54, 1.807) is 6.07 Å². The highest BCUT2D eigenvalue weighted by atomic mass is 19.1. The molecule has 1 aromatic rings. The number of ether oxygens (including phenoxy) is 2. The lowest BCUT2D eigenvalue weighted by Gasteiger charge is -2.40. The number of hydrogen-bond acceptors (Lipinski definition) is 4. The summed E-state index contributed by atoms with van der Waals surface area (Å²) < 4.78 is 24.3. The number of anilines is 1. The first kappa shape index (κ1) is 10.9. The molecule has 0 aliphatic carbocycles. The topological polar surface area (TPSA) is 34.6 Å². The molecule has 1 aromatic heterocycles. The van der Waals surface area contributed by atoms with E-state index in [1.807, 2.05) is 6.07 Å². The highest BCUT2D eigenvalue weighted by Crippen LogP contribution is 2.29. The first-order valence-corrected chi connectivity index (χ1v) is 5.87. The van der Waals surface area contributed by atoms with Crippen LogP contribution in [0, 0.1) is 5.95 Å². The van der Waals surface area contributed by atoms with Gasteiger partial charge < -0.3 is 14.4 Å². The van der Waals surface area contributed by atoms with Crippen molar-refractivity contribution in [3.05, 3.63) is 24.1 Å². The lowest BCUT2D eigenvalue weighted by molar-refractivity contribution is -0.0581. The molecule has 2 saturated heterocycles. The smallest absolute Gasteiger partial charge is 0.214 e. The molecule has 0 saturated carbocycles. The van der Waals surface area contributed by atoms with Crippen LogP contribution < -0.4 is 4.90 Å². The molecule has 0 bridgehead atoms. The molecule has 17 heavy (non-hydrogen) atoms. The molecule has 4 nitrogen and oxygen atoms in total. The Morgan fingerprint density at radius 1 is 1.35 bits per heavy atom. The quantitative estimate of drug-likeness (QED) is 0.689. The summed E-state index contributed by atoms with van der Waals surface area (Å²) >= 11 is 0. The first-order valence-electron chi connectivity index (χ1n) is 5.87. The summed E-state index contributed by atoms with van der Waals surface area (Å²) in [5, 5.41) is 0. The number of nitrogens with zero attached hydrogens (tertiary/aromatic N) is 2. The normalized spacial score (nSPS) is 28.9. The van der Waals surface area contributed by atoms with Gasteiger partial charge in [0.2, 0.25) is 5.95 Å². The van der Waals surface area contributed by atoms with E-state index in [2.05, 4.69) is 9.88 Å². The molecule has 92 valence electrons. The van der Waals surface area contributed by atoms with Gasteiger partial charge in [0.1, 0.15) is 11.4 Å². The van der Waals surface area contributed by atoms with Crippen molar-refractivity contribution < 1.29 is 13.9 Å². The van der Waals surface area contributed by atoms with Crippen molar-refractivity contribution in [1.82, 2.24) is 4.98 Å². The van der Waals surface area contributed by atoms with Crippen molar-refractivity contribution in [3.8, 4) is 0 Å². The lowest BCUT2D eigenvalue weighted by Crippen LogP contribution is -2.52. The van der Waals surface area contributed by atoms with E-state index in [4.69, 9.17) is 9.47 Å². The minimum Gasteiger partial charge on any atom is -0.378 e. The predicted octanol–water partition coefficient (Wildman–Crippen LogP) is 1.22. The molecule has 1 atom stereocenters. The number of halogens is 1. The maximum absolute atomic E-state index is 13.1. The van der Waals surface area contributed by atoms with Crippen LogP contribution in [0.25, 0.3) is 0 Å². The summed E-state index contributed by atoms with van der Waals surface area (Å²) in [6.45, 7) is 3.48. The number of rotatable bonds is 1. The van der Waals surface area contributed by atoms with Gasteiger partial charge in [0, 0.05) is 19.6 Å². The lowest BCUT2D eigenvalue weighted by atomic mass is 10.0. The second kappa shape index (κ2) is 4.23. The van der Waals surface area contributed by atoms with Crippen LogP contribution in [0.4, 0.5) is 10.2 Å². The average molecular weight is 238 g/mol. The second-order valence-electron chi connectivity index (χ2n) is 4.57. The molecule has 2 aliphatic heterocycles. The third kappa shape index (κ3) is 2.12. The fraction of sp³-hybridized carbons (Fsp3) is 0.583. The SMILES string of the molecule is Fc1cccc(N2CCOC3(CCOC3)C2)n1. The fourth-order valence-corrected chi connectivity index (χ4v) is 2.44. The van der Waals surface area contributed by atoms with E-state index in [0.717, 1.165) is 26.1 Å². The third-order valence-corrected chi connectivity index (χ3v) is 3.34. The average Bonchev–Trinajstić information content (AvgIpc) is 2.77. The van der Waals surface area contributed by atoms with Gasteiger partial charge in [-0.05, 0) is 12.1 Å². The molecule has 3 heterocycles. The Balaban J connectivity index is 1.79. The van der Waals surface area contributed by atoms with Crippen LogP contribution in [0.5, 0.6) is 0 Å². The number of morpholine rings is 1. The fourth-order valence-electron chi connectivity index (χ4n) is 2.44. The van der Waals surface area contributed by atoms with E-state index in [-0.39, 0.29) is 5.60 Å². The largest absolute Gasteiger partial charge is 0.378 e. The van der Waals surface area contributed by atoms with Gasteiger partial charge in [-0.15, -0.1) is 0 Å². The summed E-state index contributed by atoms with van der Waals surface area (Å²) in [5.74, 6) is 0.241. The van der Waals surface area contributed by atoms with E-state index in [1.165, 1.54) is 6.07 Å². The Bertz CT molecular complexity index is 407. The number of pyridine rings is 1. The van der Waals surface area contributed by atoms with Crippen LogP contribution in [-0.2, 0) is 9.47 Å². The summed E-state index contributed by atoms with van der Waals surface area (Å²) in [5.41, 5.74) is -0.216. The zero-order valence-corrected chi connectivity index (χ0v) is 9.56. The van der Waals surface area contributed by atoms with Crippen molar-refractivity contribution >= 4 is 5.82 Å². The van der Waals surface area contributed by atoms with Gasteiger partial charge in [-0.1, -0.05) is 6.07 Å². The number of aromatic nitrogens is 1. The number of hydrogen-bond donors (Lipinski definition) is 0. The highest BCUT2D eigenvalue weighted by molar-refractivity contribution is 5.39. The van der Waals surface area contributed by atoms with Gasteiger partial charge in [-0.2, -0.15) is 4.39 Å². The van der Waals surface area contributed by atoms with E-state index >= 15 is 0 Å². The van der Waals surface area contributed by atoms with Gasteiger partial charge in [0.05, 0.1) is 19.8 Å². The van der Waals surface area contributed by atoms with E-state index in [9.17, 15) is 4.39 Å². The van der Waals surface area contributed by atoms with E-state index in [0.29, 0.717) is 19.0 Å². The van der Waals surface area contributed by atoms with Crippen LogP contribution in [0.2, 0.25) is 0 Å². The zero-order chi connectivity index (χ0) is 11.7. The van der Waals surface area contributed by atoms with Gasteiger partial charge >= 0.3 is 0 Å². The van der Waals surface area contributed by atoms with Crippen molar-refractivity contribution in [3.63, 3.8) is 0 Å². The maximum Gasteiger partial charge on any atom is 0.214 e. The predicted molar refractivity (Wildman–Crippen MR) is 60.5 cm³/mol. The third-order valence-electron chi connectivity index (χ3n) is 3.34. The van der Waals surface area contributed by atoms with Crippen LogP contribution in [0.15, 0.2) is 18.2 Å². The summed E-state index contributed by atoms with van der Waals surface area (Å²) in [6.07, 6.45) is 0.902. The van der Waals surface area contributed by atoms with Gasteiger partial charge in [0.15, 0.2) is 0 Å². The molecular weight excluding hydrogens is 223 g/mol. The molecule has 2 aliphatic rings. The molecule has 0 aromatic carbocycles. The molecule has 1 spiro atoms. The zero-order valence-electron chi connectivity index (χ0n) is 9.56. The molecule has 2 fully saturated rings. The van der Waals surface area contributed by atoms with E-state index < -0.39 is 5.95 Å². The molecule has 1 unspecified atom stereocenters. The molecule has 0 amide bonds. The molecule has 3 rings (SSSR count). The van der Waals surface area contributed by atoms with Crippen molar-refractivity contribution in [2.45, 2.75) is 12.0 Å². The Labute approximate surface area is 99.3 Å². The van der Waals surface area contributed by atoms with Crippen molar-refractivity contribution in [2.75, 3.05) is 37.8 Å². The Kier molecular flexibility index (Phi) is 2.72. The summed E-state index contributed by atoms with van der Waals surface area (Å²) in [6, 6.07) is 4.88. The minimum absolute atomic E-state index is 0.216. The standard InChI is InChI=1S/C12H15FN2O2/c13-10-2-1-3-11(14-10)15-5-7-17-12(8-15)4-6-16-9-12/h1-3H,4-9H2. The second-order valence-corrected chi connectivity index (χ2v) is 4.57. The van der Waals surface area contributed by atoms with Gasteiger partial charge in [0.25, 0.3) is 0 Å². The minimum atomic E-state index is -0.439. The molecule has 5 heteroatoms. The highest BCUT2D eigenvalue weighted by Gasteiger charge is 2.40. The van der Waals surface area contributed by atoms with Crippen molar-refractivity contribution in [1.29, 1.82) is 0 Å². The first-order chi connectivity index (χ1) is 8.27. The Hall–Kier alpha value is -1.20. The summed E-state index contributed by atoms with van der Waals surface area (Å²) in [4.78, 5) is 5.98. The van der Waals surface area contributed by atoms with Gasteiger partial charge in [-0.25, -0.2) is 4.98 Å². The monoisotopic (exact) mass is 238 g/mol. The summed E-state index contributed by atoms with van der Waals surface area (Å²) in [7, 11) is 0. The van der Waals surface area contributed by atoms with Gasteiger partial charge in [-0.3, -0.25) is 0 Å². The van der Waals surface area contributed by atoms with Crippen LogP contribution >= 0.6 is 0 Å². The molecule has 0 radical (unpaired) electrons. The Morgan fingerprint density at radius 3 is 3.06 bits per heavy atom. The Morgan fingerprint density at radius 2 is 2.29 bits per heavy atom. The maximum atomic E-state index is 13.1. The molecular formula is C12H15FN2O2. The van der Waals surface area contributed by atoms with Crippen LogP contribution in [0.1, 0.15) is 6.42 Å². The van der Waals surface area contributed by atoms with Crippen molar-refractivity contribution in [2.24, 2.45) is 0 Å². The van der Waals surface area contributed by atoms with Crippen LogP contribution in [0.3, 0.4) is 0 Å². The van der Waals surface area contributed by atoms with Crippen LogP contribution in [-0.4, -0.2) is 43.5 Å².